The molecular weight excluding hydrogens is 402 g/mol. The number of sulfonamides is 1. The number of aliphatic imine (C=N–C) groups is 1. The molecule has 9 heteroatoms. The largest absolute Gasteiger partial charge is 0.364 e. The van der Waals surface area contributed by atoms with Crippen LogP contribution in [0, 0.1) is 20.8 Å². The lowest BCUT2D eigenvalue weighted by atomic mass is 10.00. The summed E-state index contributed by atoms with van der Waals surface area (Å²) in [6.07, 6.45) is 1.39. The summed E-state index contributed by atoms with van der Waals surface area (Å²) in [6.45, 7) is 11.8. The van der Waals surface area contributed by atoms with Crippen molar-refractivity contribution in [2.24, 2.45) is 4.99 Å². The fourth-order valence-corrected chi connectivity index (χ4v) is 5.23. The molecule has 0 spiro atoms. The molecule has 0 radical (unpaired) electrons. The van der Waals surface area contributed by atoms with Crippen molar-refractivity contribution in [3.63, 3.8) is 0 Å². The second-order valence-electron chi connectivity index (χ2n) is 7.68. The fourth-order valence-electron chi connectivity index (χ4n) is 3.81. The van der Waals surface area contributed by atoms with Gasteiger partial charge in [-0.15, -0.1) is 0 Å². The van der Waals surface area contributed by atoms with Crippen LogP contribution in [0.1, 0.15) is 34.9 Å². The van der Waals surface area contributed by atoms with Crippen LogP contribution >= 0.6 is 0 Å². The third-order valence-electron chi connectivity index (χ3n) is 5.32. The van der Waals surface area contributed by atoms with E-state index < -0.39 is 10.0 Å². The predicted molar refractivity (Wildman–Crippen MR) is 118 cm³/mol. The molecule has 0 unspecified atom stereocenters. The van der Waals surface area contributed by atoms with Crippen LogP contribution in [0.2, 0.25) is 0 Å². The van der Waals surface area contributed by atoms with Gasteiger partial charge in [-0.05, 0) is 44.4 Å². The highest BCUT2D eigenvalue weighted by Crippen LogP contribution is 2.18. The van der Waals surface area contributed by atoms with Gasteiger partial charge in [0, 0.05) is 38.8 Å². The Kier molecular flexibility index (Phi) is 7.14. The zero-order chi connectivity index (χ0) is 21.7. The number of piperazine rings is 1. The average molecular weight is 434 g/mol. The van der Waals surface area contributed by atoms with Crippen molar-refractivity contribution in [3.05, 3.63) is 52.4 Å². The van der Waals surface area contributed by atoms with Crippen molar-refractivity contribution >= 4 is 16.0 Å². The third-order valence-corrected chi connectivity index (χ3v) is 7.13. The first-order valence-electron chi connectivity index (χ1n) is 10.3. The highest BCUT2D eigenvalue weighted by Gasteiger charge is 2.29. The van der Waals surface area contributed by atoms with Crippen LogP contribution in [0.15, 0.2) is 34.0 Å². The van der Waals surface area contributed by atoms with E-state index >= 15 is 0 Å². The van der Waals surface area contributed by atoms with E-state index in [4.69, 9.17) is 9.52 Å². The number of aromatic nitrogens is 1. The molecular formula is C21H31N5O3S. The second kappa shape index (κ2) is 9.61. The van der Waals surface area contributed by atoms with Crippen LogP contribution < -0.4 is 5.32 Å². The number of nitrogens with one attached hydrogen (secondary N) is 1. The normalized spacial score (nSPS) is 16.1. The van der Waals surface area contributed by atoms with Crippen molar-refractivity contribution in [2.45, 2.75) is 40.0 Å². The van der Waals surface area contributed by atoms with Gasteiger partial charge < -0.3 is 14.7 Å². The summed E-state index contributed by atoms with van der Waals surface area (Å²) in [5.41, 5.74) is 5.42. The summed E-state index contributed by atoms with van der Waals surface area (Å²) in [7, 11) is -3.41. The molecule has 1 fully saturated rings. The van der Waals surface area contributed by atoms with Gasteiger partial charge in [0.15, 0.2) is 5.96 Å². The van der Waals surface area contributed by atoms with Crippen molar-refractivity contribution in [2.75, 3.05) is 32.7 Å². The molecule has 2 aromatic rings. The molecule has 1 N–H and O–H groups in total. The molecule has 1 aromatic carbocycles. The number of hydrogen-bond donors (Lipinski definition) is 1. The predicted octanol–water partition coefficient (Wildman–Crippen LogP) is 2.21. The molecule has 0 aliphatic carbocycles. The molecule has 1 aromatic heterocycles. The Bertz CT molecular complexity index is 955. The Morgan fingerprint density at radius 2 is 1.83 bits per heavy atom. The van der Waals surface area contributed by atoms with Crippen molar-refractivity contribution in [1.82, 2.24) is 19.7 Å². The summed E-state index contributed by atoms with van der Waals surface area (Å²) in [6, 6.07) is 5.95. The maximum atomic E-state index is 12.6. The van der Waals surface area contributed by atoms with Crippen LogP contribution in [0.4, 0.5) is 0 Å². The lowest BCUT2D eigenvalue weighted by Crippen LogP contribution is -2.53. The minimum atomic E-state index is -3.41. The summed E-state index contributed by atoms with van der Waals surface area (Å²) < 4.78 is 31.6. The monoisotopic (exact) mass is 433 g/mol. The van der Waals surface area contributed by atoms with E-state index in [1.807, 2.05) is 6.92 Å². The SMILES string of the molecule is CCNC(=NCc1c(C)cc(C)cc1C)N1CCN(S(=O)(=O)Cc2ccon2)CC1. The summed E-state index contributed by atoms with van der Waals surface area (Å²) in [5, 5.41) is 7.06. The number of guanidine groups is 1. The highest BCUT2D eigenvalue weighted by molar-refractivity contribution is 7.88. The lowest BCUT2D eigenvalue weighted by molar-refractivity contribution is 0.259. The minimum Gasteiger partial charge on any atom is -0.364 e. The van der Waals surface area contributed by atoms with Gasteiger partial charge in [0.1, 0.15) is 12.0 Å². The molecule has 2 heterocycles. The van der Waals surface area contributed by atoms with Crippen LogP contribution in [0.25, 0.3) is 0 Å². The van der Waals surface area contributed by atoms with E-state index in [0.29, 0.717) is 38.4 Å². The molecule has 3 rings (SSSR count). The molecule has 1 saturated heterocycles. The van der Waals surface area contributed by atoms with E-state index in [0.717, 1.165) is 12.5 Å². The Morgan fingerprint density at radius 3 is 2.40 bits per heavy atom. The zero-order valence-electron chi connectivity index (χ0n) is 18.2. The van der Waals surface area contributed by atoms with Crippen LogP contribution in [-0.4, -0.2) is 61.5 Å². The molecule has 164 valence electrons. The maximum Gasteiger partial charge on any atom is 0.220 e. The summed E-state index contributed by atoms with van der Waals surface area (Å²) in [4.78, 5) is 6.98. The van der Waals surface area contributed by atoms with Gasteiger partial charge in [-0.2, -0.15) is 4.31 Å². The number of nitrogens with zero attached hydrogens (tertiary/aromatic N) is 4. The van der Waals surface area contributed by atoms with Crippen LogP contribution in [0.5, 0.6) is 0 Å². The molecule has 0 saturated carbocycles. The van der Waals surface area contributed by atoms with Gasteiger partial charge >= 0.3 is 0 Å². The van der Waals surface area contributed by atoms with E-state index in [9.17, 15) is 8.42 Å². The van der Waals surface area contributed by atoms with E-state index in [1.165, 1.54) is 32.8 Å². The Balaban J connectivity index is 1.66. The Morgan fingerprint density at radius 1 is 1.17 bits per heavy atom. The Labute approximate surface area is 179 Å². The molecule has 30 heavy (non-hydrogen) atoms. The van der Waals surface area contributed by atoms with Gasteiger partial charge in [-0.1, -0.05) is 22.9 Å². The summed E-state index contributed by atoms with van der Waals surface area (Å²) in [5.74, 6) is 0.689. The molecule has 0 amide bonds. The number of aryl methyl sites for hydroxylation is 3. The van der Waals surface area contributed by atoms with Crippen molar-refractivity contribution in [1.29, 1.82) is 0 Å². The van der Waals surface area contributed by atoms with Crippen molar-refractivity contribution in [3.8, 4) is 0 Å². The second-order valence-corrected chi connectivity index (χ2v) is 9.65. The molecule has 1 aliphatic heterocycles. The quantitative estimate of drug-likeness (QED) is 0.555. The highest BCUT2D eigenvalue weighted by atomic mass is 32.2. The number of rotatable bonds is 6. The van der Waals surface area contributed by atoms with Crippen LogP contribution in [-0.2, 0) is 22.3 Å². The molecule has 8 nitrogen and oxygen atoms in total. The number of benzene rings is 1. The third kappa shape index (κ3) is 5.40. The fraction of sp³-hybridized carbons (Fsp3) is 0.524. The zero-order valence-corrected chi connectivity index (χ0v) is 19.0. The first kappa shape index (κ1) is 22.3. The first-order chi connectivity index (χ1) is 14.3. The van der Waals surface area contributed by atoms with Gasteiger partial charge in [-0.3, -0.25) is 0 Å². The molecule has 0 atom stereocenters. The van der Waals surface area contributed by atoms with Crippen LogP contribution in [0.3, 0.4) is 0 Å². The summed E-state index contributed by atoms with van der Waals surface area (Å²) >= 11 is 0. The lowest BCUT2D eigenvalue weighted by Gasteiger charge is -2.35. The minimum absolute atomic E-state index is 0.135. The standard InChI is InChI=1S/C21H31N5O3S/c1-5-22-21(23-14-20-17(3)12-16(2)13-18(20)4)25-7-9-26(10-8-25)30(27,28)15-19-6-11-29-24-19/h6,11-13H,5,7-10,14-15H2,1-4H3,(H,22,23). The van der Waals surface area contributed by atoms with E-state index in [1.54, 1.807) is 6.07 Å². The molecule has 0 bridgehead atoms. The van der Waals surface area contributed by atoms with E-state index in [-0.39, 0.29) is 5.75 Å². The van der Waals surface area contributed by atoms with Gasteiger partial charge in [0.25, 0.3) is 0 Å². The number of hydrogen-bond acceptors (Lipinski definition) is 5. The van der Waals surface area contributed by atoms with Gasteiger partial charge in [0.05, 0.1) is 12.2 Å². The van der Waals surface area contributed by atoms with Crippen molar-refractivity contribution < 1.29 is 12.9 Å². The van der Waals surface area contributed by atoms with Gasteiger partial charge in [0.2, 0.25) is 10.0 Å². The van der Waals surface area contributed by atoms with E-state index in [2.05, 4.69) is 48.3 Å². The topological polar surface area (TPSA) is 91.0 Å². The molecule has 1 aliphatic rings. The maximum absolute atomic E-state index is 12.6. The smallest absolute Gasteiger partial charge is 0.220 e. The average Bonchev–Trinajstić information content (AvgIpc) is 3.18. The first-order valence-corrected chi connectivity index (χ1v) is 11.9. The van der Waals surface area contributed by atoms with Gasteiger partial charge in [-0.25, -0.2) is 13.4 Å². The Hall–Kier alpha value is -2.39.